The maximum absolute atomic E-state index is 10.8. The van der Waals surface area contributed by atoms with Gasteiger partial charge >= 0.3 is 0 Å². The summed E-state index contributed by atoms with van der Waals surface area (Å²) in [7, 11) is 1.54. The van der Waals surface area contributed by atoms with Crippen LogP contribution < -0.4 is 19.5 Å². The van der Waals surface area contributed by atoms with Crippen molar-refractivity contribution in [2.24, 2.45) is 0 Å². The Morgan fingerprint density at radius 3 is 2.53 bits per heavy atom. The number of nitro benzene ring substituents is 1. The SMILES string of the molecule is COc1ccc2c(c1OCc1ccc([N+](=O)[O-])cc1)OCC=C2Nc1c(Cl)cncc1Cl. The number of hydrogen-bond acceptors (Lipinski definition) is 7. The van der Waals surface area contributed by atoms with E-state index < -0.39 is 4.92 Å². The highest BCUT2D eigenvalue weighted by molar-refractivity contribution is 6.39. The van der Waals surface area contributed by atoms with Gasteiger partial charge in [-0.15, -0.1) is 0 Å². The summed E-state index contributed by atoms with van der Waals surface area (Å²) in [6.07, 6.45) is 4.87. The molecule has 10 heteroatoms. The normalized spacial score (nSPS) is 12.3. The summed E-state index contributed by atoms with van der Waals surface area (Å²) in [6, 6.07) is 9.75. The number of hydrogen-bond donors (Lipinski definition) is 1. The molecule has 0 atom stereocenters. The first kappa shape index (κ1) is 21.7. The van der Waals surface area contributed by atoms with Gasteiger partial charge in [0.2, 0.25) is 5.75 Å². The van der Waals surface area contributed by atoms with Gasteiger partial charge in [-0.2, -0.15) is 0 Å². The molecule has 0 amide bonds. The monoisotopic (exact) mass is 473 g/mol. The number of nitro groups is 1. The van der Waals surface area contributed by atoms with Gasteiger partial charge in [0, 0.05) is 35.8 Å². The number of nitrogens with zero attached hydrogens (tertiary/aromatic N) is 2. The van der Waals surface area contributed by atoms with Crippen LogP contribution in [0.15, 0.2) is 54.9 Å². The summed E-state index contributed by atoms with van der Waals surface area (Å²) in [5.41, 5.74) is 2.78. The highest BCUT2D eigenvalue weighted by Gasteiger charge is 2.23. The number of ether oxygens (including phenoxy) is 3. The van der Waals surface area contributed by atoms with Gasteiger partial charge < -0.3 is 19.5 Å². The van der Waals surface area contributed by atoms with Crippen LogP contribution in [0.4, 0.5) is 11.4 Å². The summed E-state index contributed by atoms with van der Waals surface area (Å²) in [4.78, 5) is 14.4. The molecular formula is C22H17Cl2N3O5. The van der Waals surface area contributed by atoms with Crippen molar-refractivity contribution in [2.45, 2.75) is 6.61 Å². The molecule has 3 aromatic rings. The molecule has 2 aromatic carbocycles. The Bertz CT molecular complexity index is 1180. The molecule has 0 radical (unpaired) electrons. The van der Waals surface area contributed by atoms with Crippen molar-refractivity contribution in [3.05, 3.63) is 86.2 Å². The third-order valence-electron chi connectivity index (χ3n) is 4.74. The molecule has 0 saturated heterocycles. The average Bonchev–Trinajstić information content (AvgIpc) is 2.80. The maximum Gasteiger partial charge on any atom is 0.269 e. The van der Waals surface area contributed by atoms with Gasteiger partial charge in [0.25, 0.3) is 5.69 Å². The maximum atomic E-state index is 10.8. The Kier molecular flexibility index (Phi) is 6.34. The lowest BCUT2D eigenvalue weighted by Crippen LogP contribution is -2.12. The van der Waals surface area contributed by atoms with E-state index in [2.05, 4.69) is 10.3 Å². The lowest BCUT2D eigenvalue weighted by Gasteiger charge is -2.24. The van der Waals surface area contributed by atoms with E-state index in [1.165, 1.54) is 31.6 Å². The minimum absolute atomic E-state index is 0.0149. The largest absolute Gasteiger partial charge is 0.493 e. The van der Waals surface area contributed by atoms with Crippen molar-refractivity contribution >= 4 is 40.3 Å². The number of halogens is 2. The molecule has 1 aromatic heterocycles. The third kappa shape index (κ3) is 4.42. The molecule has 4 rings (SSSR count). The van der Waals surface area contributed by atoms with E-state index >= 15 is 0 Å². The number of non-ortho nitro benzene ring substituents is 1. The lowest BCUT2D eigenvalue weighted by molar-refractivity contribution is -0.384. The fourth-order valence-electron chi connectivity index (χ4n) is 3.17. The van der Waals surface area contributed by atoms with Crippen LogP contribution in [-0.2, 0) is 6.61 Å². The van der Waals surface area contributed by atoms with Gasteiger partial charge in [-0.3, -0.25) is 15.1 Å². The van der Waals surface area contributed by atoms with Crippen molar-refractivity contribution in [2.75, 3.05) is 19.0 Å². The predicted octanol–water partition coefficient (Wildman–Crippen LogP) is 5.73. The standard InChI is InChI=1S/C22H17Cl2N3O5/c1-30-19-7-6-15-18(26-20-16(23)10-25-11-17(20)24)8-9-31-21(15)22(19)32-12-13-2-4-14(5-3-13)27(28)29/h2-8,10-11H,9,12H2,1H3,(H,25,26). The van der Waals surface area contributed by atoms with E-state index in [0.29, 0.717) is 33.0 Å². The van der Waals surface area contributed by atoms with Crippen LogP contribution in [-0.4, -0.2) is 23.6 Å². The van der Waals surface area contributed by atoms with Gasteiger partial charge in [-0.1, -0.05) is 23.2 Å². The predicted molar refractivity (Wildman–Crippen MR) is 122 cm³/mol. The Morgan fingerprint density at radius 2 is 1.88 bits per heavy atom. The number of nitrogens with one attached hydrogen (secondary N) is 1. The molecule has 1 aliphatic rings. The number of pyridine rings is 1. The number of methoxy groups -OCH3 is 1. The van der Waals surface area contributed by atoms with Gasteiger partial charge in [0.1, 0.15) is 13.2 Å². The zero-order chi connectivity index (χ0) is 22.7. The Labute approximate surface area is 193 Å². The molecule has 1 N–H and O–H groups in total. The summed E-state index contributed by atoms with van der Waals surface area (Å²) in [6.45, 7) is 0.458. The number of aromatic nitrogens is 1. The van der Waals surface area contributed by atoms with Crippen LogP contribution in [0.2, 0.25) is 10.0 Å². The van der Waals surface area contributed by atoms with Gasteiger partial charge in [0.15, 0.2) is 11.5 Å². The topological polar surface area (TPSA) is 95.8 Å². The van der Waals surface area contributed by atoms with E-state index in [1.807, 2.05) is 12.1 Å². The van der Waals surface area contributed by atoms with Crippen molar-refractivity contribution in [3.63, 3.8) is 0 Å². The van der Waals surface area contributed by atoms with Crippen molar-refractivity contribution < 1.29 is 19.1 Å². The Morgan fingerprint density at radius 1 is 1.16 bits per heavy atom. The van der Waals surface area contributed by atoms with Gasteiger partial charge in [0.05, 0.1) is 27.8 Å². The molecular weight excluding hydrogens is 457 g/mol. The zero-order valence-electron chi connectivity index (χ0n) is 16.8. The van der Waals surface area contributed by atoms with Crippen LogP contribution in [0, 0.1) is 10.1 Å². The second kappa shape index (κ2) is 9.33. The zero-order valence-corrected chi connectivity index (χ0v) is 18.3. The van der Waals surface area contributed by atoms with Crippen LogP contribution in [0.3, 0.4) is 0 Å². The number of benzene rings is 2. The second-order valence-electron chi connectivity index (χ2n) is 6.72. The van der Waals surface area contributed by atoms with Crippen molar-refractivity contribution in [1.82, 2.24) is 4.98 Å². The molecule has 0 spiro atoms. The summed E-state index contributed by atoms with van der Waals surface area (Å²) >= 11 is 12.5. The summed E-state index contributed by atoms with van der Waals surface area (Å²) in [5, 5.41) is 14.9. The van der Waals surface area contributed by atoms with Crippen LogP contribution in [0.25, 0.3) is 5.70 Å². The Balaban J connectivity index is 1.62. The minimum Gasteiger partial charge on any atom is -0.493 e. The molecule has 0 unspecified atom stereocenters. The molecule has 32 heavy (non-hydrogen) atoms. The first-order valence-electron chi connectivity index (χ1n) is 9.44. The molecule has 164 valence electrons. The van der Waals surface area contributed by atoms with E-state index in [0.717, 1.165) is 16.8 Å². The first-order chi connectivity index (χ1) is 15.5. The Hall–Kier alpha value is -3.49. The quantitative estimate of drug-likeness (QED) is 0.345. The first-order valence-corrected chi connectivity index (χ1v) is 10.2. The molecule has 0 saturated carbocycles. The number of rotatable bonds is 7. The van der Waals surface area contributed by atoms with Crippen LogP contribution in [0.1, 0.15) is 11.1 Å². The smallest absolute Gasteiger partial charge is 0.269 e. The molecule has 1 aliphatic heterocycles. The third-order valence-corrected chi connectivity index (χ3v) is 5.32. The fraction of sp³-hybridized carbons (Fsp3) is 0.136. The number of fused-ring (bicyclic) bond motifs is 1. The van der Waals surface area contributed by atoms with Crippen molar-refractivity contribution in [3.8, 4) is 17.2 Å². The molecule has 0 aliphatic carbocycles. The fourth-order valence-corrected chi connectivity index (χ4v) is 3.63. The van der Waals surface area contributed by atoms with E-state index in [1.54, 1.807) is 18.2 Å². The van der Waals surface area contributed by atoms with Gasteiger partial charge in [-0.25, -0.2) is 0 Å². The highest BCUT2D eigenvalue weighted by atomic mass is 35.5. The lowest BCUT2D eigenvalue weighted by atomic mass is 10.1. The van der Waals surface area contributed by atoms with Gasteiger partial charge in [-0.05, 0) is 35.9 Å². The molecule has 2 heterocycles. The van der Waals surface area contributed by atoms with Crippen LogP contribution >= 0.6 is 23.2 Å². The molecule has 0 fully saturated rings. The summed E-state index contributed by atoms with van der Waals surface area (Å²) in [5.74, 6) is 1.41. The highest BCUT2D eigenvalue weighted by Crippen LogP contribution is 2.45. The van der Waals surface area contributed by atoms with E-state index in [4.69, 9.17) is 37.4 Å². The average molecular weight is 474 g/mol. The summed E-state index contributed by atoms with van der Waals surface area (Å²) < 4.78 is 17.4. The van der Waals surface area contributed by atoms with Crippen molar-refractivity contribution in [1.29, 1.82) is 0 Å². The number of anilines is 1. The molecule has 8 nitrogen and oxygen atoms in total. The van der Waals surface area contributed by atoms with E-state index in [-0.39, 0.29) is 18.9 Å². The minimum atomic E-state index is -0.447. The second-order valence-corrected chi connectivity index (χ2v) is 7.53. The van der Waals surface area contributed by atoms with Crippen LogP contribution in [0.5, 0.6) is 17.2 Å². The van der Waals surface area contributed by atoms with E-state index in [9.17, 15) is 10.1 Å². The molecule has 0 bridgehead atoms.